The van der Waals surface area contributed by atoms with E-state index in [9.17, 15) is 9.59 Å². The van der Waals surface area contributed by atoms with E-state index in [0.29, 0.717) is 23.1 Å². The van der Waals surface area contributed by atoms with Gasteiger partial charge in [-0.2, -0.15) is 0 Å². The SMILES string of the molecule is COc1ccc(N2C(=O)C[C@@H](N3CCC(C)CC3)C2=O)cc1OC. The molecule has 0 radical (unpaired) electrons. The number of ether oxygens (including phenoxy) is 2. The summed E-state index contributed by atoms with van der Waals surface area (Å²) in [5.74, 6) is 1.47. The molecule has 24 heavy (non-hydrogen) atoms. The lowest BCUT2D eigenvalue weighted by Gasteiger charge is -2.33. The molecule has 2 fully saturated rings. The Labute approximate surface area is 142 Å². The van der Waals surface area contributed by atoms with E-state index < -0.39 is 0 Å². The number of benzene rings is 1. The molecule has 3 rings (SSSR count). The van der Waals surface area contributed by atoms with Crippen molar-refractivity contribution < 1.29 is 19.1 Å². The van der Waals surface area contributed by atoms with E-state index in [1.165, 1.54) is 12.0 Å². The number of amides is 2. The van der Waals surface area contributed by atoms with E-state index in [-0.39, 0.29) is 24.3 Å². The van der Waals surface area contributed by atoms with Crippen molar-refractivity contribution in [1.82, 2.24) is 4.90 Å². The number of imide groups is 1. The molecule has 0 N–H and O–H groups in total. The zero-order valence-electron chi connectivity index (χ0n) is 14.4. The number of anilines is 1. The van der Waals surface area contributed by atoms with Crippen molar-refractivity contribution in [2.45, 2.75) is 32.2 Å². The molecule has 2 aliphatic rings. The largest absolute Gasteiger partial charge is 0.493 e. The quantitative estimate of drug-likeness (QED) is 0.790. The molecule has 1 aromatic carbocycles. The average molecular weight is 332 g/mol. The maximum absolute atomic E-state index is 12.8. The van der Waals surface area contributed by atoms with Crippen LogP contribution in [-0.4, -0.2) is 50.1 Å². The summed E-state index contributed by atoms with van der Waals surface area (Å²) >= 11 is 0. The van der Waals surface area contributed by atoms with Crippen LogP contribution in [0.3, 0.4) is 0 Å². The van der Waals surface area contributed by atoms with Gasteiger partial charge in [-0.05, 0) is 44.0 Å². The predicted octanol–water partition coefficient (Wildman–Crippen LogP) is 2.07. The van der Waals surface area contributed by atoms with Crippen molar-refractivity contribution in [3.8, 4) is 11.5 Å². The summed E-state index contributed by atoms with van der Waals surface area (Å²) in [6.07, 6.45) is 2.41. The summed E-state index contributed by atoms with van der Waals surface area (Å²) in [5.41, 5.74) is 0.538. The molecular weight excluding hydrogens is 308 g/mol. The summed E-state index contributed by atoms with van der Waals surface area (Å²) in [6, 6.07) is 4.77. The molecule has 2 amide bonds. The lowest BCUT2D eigenvalue weighted by atomic mass is 9.97. The Balaban J connectivity index is 1.82. The summed E-state index contributed by atoms with van der Waals surface area (Å²) in [5, 5.41) is 0. The summed E-state index contributed by atoms with van der Waals surface area (Å²) in [4.78, 5) is 28.7. The van der Waals surface area contributed by atoms with Gasteiger partial charge in [-0.25, -0.2) is 4.90 Å². The van der Waals surface area contributed by atoms with Crippen LogP contribution in [-0.2, 0) is 9.59 Å². The third-order valence-electron chi connectivity index (χ3n) is 5.01. The van der Waals surface area contributed by atoms with E-state index in [4.69, 9.17) is 9.47 Å². The lowest BCUT2D eigenvalue weighted by Crippen LogP contribution is -2.45. The summed E-state index contributed by atoms with van der Waals surface area (Å²) < 4.78 is 10.5. The highest BCUT2D eigenvalue weighted by atomic mass is 16.5. The zero-order chi connectivity index (χ0) is 17.3. The molecule has 1 aromatic rings. The Morgan fingerprint density at radius 3 is 2.33 bits per heavy atom. The van der Waals surface area contributed by atoms with Gasteiger partial charge < -0.3 is 9.47 Å². The number of methoxy groups -OCH3 is 2. The van der Waals surface area contributed by atoms with Gasteiger partial charge >= 0.3 is 0 Å². The van der Waals surface area contributed by atoms with E-state index in [0.717, 1.165) is 25.9 Å². The predicted molar refractivity (Wildman–Crippen MR) is 90.4 cm³/mol. The van der Waals surface area contributed by atoms with Gasteiger partial charge in [0.15, 0.2) is 11.5 Å². The second-order valence-corrected chi connectivity index (χ2v) is 6.55. The minimum absolute atomic E-state index is 0.137. The second kappa shape index (κ2) is 6.81. The molecule has 0 aromatic heterocycles. The molecule has 2 heterocycles. The maximum Gasteiger partial charge on any atom is 0.251 e. The van der Waals surface area contributed by atoms with Crippen LogP contribution >= 0.6 is 0 Å². The fourth-order valence-electron chi connectivity index (χ4n) is 3.48. The lowest BCUT2D eigenvalue weighted by molar-refractivity contribution is -0.123. The number of carbonyl (C=O) groups is 2. The highest BCUT2D eigenvalue weighted by Crippen LogP contribution is 2.34. The Bertz CT molecular complexity index is 638. The third kappa shape index (κ3) is 2.98. The highest BCUT2D eigenvalue weighted by molar-refractivity contribution is 6.22. The molecule has 1 atom stereocenters. The van der Waals surface area contributed by atoms with Crippen LogP contribution in [0.5, 0.6) is 11.5 Å². The molecule has 2 aliphatic heterocycles. The monoisotopic (exact) mass is 332 g/mol. The van der Waals surface area contributed by atoms with Gasteiger partial charge in [-0.1, -0.05) is 6.92 Å². The van der Waals surface area contributed by atoms with Gasteiger partial charge in [0.25, 0.3) is 5.91 Å². The fraction of sp³-hybridized carbons (Fsp3) is 0.556. The first kappa shape index (κ1) is 16.8. The zero-order valence-corrected chi connectivity index (χ0v) is 14.4. The van der Waals surface area contributed by atoms with Gasteiger partial charge in [-0.3, -0.25) is 14.5 Å². The van der Waals surface area contributed by atoms with Gasteiger partial charge in [0.1, 0.15) is 0 Å². The first-order valence-electron chi connectivity index (χ1n) is 8.38. The van der Waals surface area contributed by atoms with Crippen LogP contribution in [0.4, 0.5) is 5.69 Å². The number of carbonyl (C=O) groups excluding carboxylic acids is 2. The first-order chi connectivity index (χ1) is 11.5. The van der Waals surface area contributed by atoms with Gasteiger partial charge in [0.2, 0.25) is 5.91 Å². The topological polar surface area (TPSA) is 59.1 Å². The number of piperidine rings is 1. The van der Waals surface area contributed by atoms with Crippen LogP contribution in [0.25, 0.3) is 0 Å². The van der Waals surface area contributed by atoms with Crippen LogP contribution < -0.4 is 14.4 Å². The van der Waals surface area contributed by atoms with E-state index in [1.807, 2.05) is 0 Å². The van der Waals surface area contributed by atoms with Crippen LogP contribution in [0, 0.1) is 5.92 Å². The van der Waals surface area contributed by atoms with Gasteiger partial charge in [0, 0.05) is 6.07 Å². The standard InChI is InChI=1S/C18H24N2O4/c1-12-6-8-19(9-7-12)14-11-17(21)20(18(14)22)13-4-5-15(23-2)16(10-13)24-3/h4-5,10,12,14H,6-9,11H2,1-3H3/t14-/m1/s1. The Kier molecular flexibility index (Phi) is 4.76. The number of rotatable bonds is 4. The normalized spacial score (nSPS) is 23.0. The molecule has 0 bridgehead atoms. The Hall–Kier alpha value is -2.08. The Morgan fingerprint density at radius 2 is 1.71 bits per heavy atom. The van der Waals surface area contributed by atoms with Crippen molar-refractivity contribution in [2.75, 3.05) is 32.2 Å². The second-order valence-electron chi connectivity index (χ2n) is 6.55. The van der Waals surface area contributed by atoms with Crippen molar-refractivity contribution >= 4 is 17.5 Å². The molecule has 0 unspecified atom stereocenters. The average Bonchev–Trinajstić information content (AvgIpc) is 2.89. The van der Waals surface area contributed by atoms with E-state index in [2.05, 4.69) is 11.8 Å². The van der Waals surface area contributed by atoms with Crippen molar-refractivity contribution in [1.29, 1.82) is 0 Å². The molecule has 6 nitrogen and oxygen atoms in total. The number of hydrogen-bond donors (Lipinski definition) is 0. The Morgan fingerprint density at radius 1 is 1.04 bits per heavy atom. The number of likely N-dealkylation sites (tertiary alicyclic amines) is 1. The van der Waals surface area contributed by atoms with Crippen molar-refractivity contribution in [3.05, 3.63) is 18.2 Å². The molecule has 0 spiro atoms. The fourth-order valence-corrected chi connectivity index (χ4v) is 3.48. The van der Waals surface area contributed by atoms with Crippen molar-refractivity contribution in [3.63, 3.8) is 0 Å². The first-order valence-corrected chi connectivity index (χ1v) is 8.38. The van der Waals surface area contributed by atoms with Crippen LogP contribution in [0.15, 0.2) is 18.2 Å². The minimum atomic E-state index is -0.335. The molecule has 2 saturated heterocycles. The smallest absolute Gasteiger partial charge is 0.251 e. The van der Waals surface area contributed by atoms with Crippen molar-refractivity contribution in [2.24, 2.45) is 5.92 Å². The molecule has 0 aliphatic carbocycles. The van der Waals surface area contributed by atoms with Gasteiger partial charge in [0.05, 0.1) is 32.4 Å². The van der Waals surface area contributed by atoms with Crippen LogP contribution in [0.1, 0.15) is 26.2 Å². The summed E-state index contributed by atoms with van der Waals surface area (Å²) in [6.45, 7) is 3.99. The molecular formula is C18H24N2O4. The van der Waals surface area contributed by atoms with Gasteiger partial charge in [-0.15, -0.1) is 0 Å². The molecule has 6 heteroatoms. The number of nitrogens with zero attached hydrogens (tertiary/aromatic N) is 2. The minimum Gasteiger partial charge on any atom is -0.493 e. The van der Waals surface area contributed by atoms with Crippen LogP contribution in [0.2, 0.25) is 0 Å². The maximum atomic E-state index is 12.8. The van der Waals surface area contributed by atoms with E-state index >= 15 is 0 Å². The molecule has 130 valence electrons. The van der Waals surface area contributed by atoms with E-state index in [1.54, 1.807) is 25.3 Å². The molecule has 0 saturated carbocycles. The third-order valence-corrected chi connectivity index (χ3v) is 5.01. The highest BCUT2D eigenvalue weighted by Gasteiger charge is 2.43. The number of hydrogen-bond acceptors (Lipinski definition) is 5. The summed E-state index contributed by atoms with van der Waals surface area (Å²) in [7, 11) is 3.09.